The molecule has 1 nitrogen and oxygen atoms in total. The van der Waals surface area contributed by atoms with Crippen LogP contribution in [-0.2, 0) is 0 Å². The van der Waals surface area contributed by atoms with E-state index < -0.39 is 13.4 Å². The third-order valence-electron chi connectivity index (χ3n) is 2.21. The van der Waals surface area contributed by atoms with Crippen molar-refractivity contribution in [3.05, 3.63) is 29.8 Å². The molecule has 0 atom stereocenters. The maximum Gasteiger partial charge on any atom is 1.00 e. The minimum atomic E-state index is -4.76. The van der Waals surface area contributed by atoms with Crippen LogP contribution in [0.5, 0.6) is 0 Å². The van der Waals surface area contributed by atoms with Crippen LogP contribution in [0.4, 0.5) is 18.6 Å². The number of nitrogens with zero attached hydrogens (tertiary/aromatic N) is 1. The zero-order chi connectivity index (χ0) is 11.5. The van der Waals surface area contributed by atoms with E-state index in [9.17, 15) is 12.9 Å². The van der Waals surface area contributed by atoms with Crippen molar-refractivity contribution in [1.29, 1.82) is 0 Å². The molecule has 0 aliphatic carbocycles. The molecule has 0 spiro atoms. The Morgan fingerprint density at radius 3 is 2.00 bits per heavy atom. The van der Waals surface area contributed by atoms with Crippen LogP contribution in [0, 0.1) is 6.92 Å². The van der Waals surface area contributed by atoms with E-state index in [1.54, 1.807) is 19.1 Å². The number of aryl methyl sites for hydroxylation is 1. The van der Waals surface area contributed by atoms with Gasteiger partial charge in [-0.15, -0.1) is 0 Å². The first-order chi connectivity index (χ1) is 6.92. The fourth-order valence-electron chi connectivity index (χ4n) is 1.42. The van der Waals surface area contributed by atoms with Gasteiger partial charge in [0.2, 0.25) is 0 Å². The van der Waals surface area contributed by atoms with Gasteiger partial charge in [-0.05, 0) is 32.4 Å². The summed E-state index contributed by atoms with van der Waals surface area (Å²) >= 11 is 0. The first-order valence-corrected chi connectivity index (χ1v) is 4.95. The summed E-state index contributed by atoms with van der Waals surface area (Å²) in [5.41, 5.74) is 1.68. The van der Waals surface area contributed by atoms with Crippen molar-refractivity contribution in [1.82, 2.24) is 0 Å². The van der Waals surface area contributed by atoms with Gasteiger partial charge in [0.15, 0.2) is 0 Å². The molecule has 0 saturated carbocycles. The van der Waals surface area contributed by atoms with Crippen LogP contribution in [0.2, 0.25) is 0 Å². The van der Waals surface area contributed by atoms with Crippen LogP contribution < -0.4 is 56.3 Å². The molecule has 0 amide bonds. The Morgan fingerprint density at radius 2 is 1.62 bits per heavy atom. The fourth-order valence-corrected chi connectivity index (χ4v) is 1.42. The molecule has 0 aliphatic heterocycles. The van der Waals surface area contributed by atoms with Crippen LogP contribution >= 0.6 is 0 Å². The van der Waals surface area contributed by atoms with E-state index in [-0.39, 0.29) is 51.4 Å². The molecule has 1 rings (SSSR count). The van der Waals surface area contributed by atoms with Crippen LogP contribution in [0.15, 0.2) is 24.3 Å². The molecule has 84 valence electrons. The van der Waals surface area contributed by atoms with Gasteiger partial charge in [0, 0.05) is 12.2 Å². The van der Waals surface area contributed by atoms with Crippen LogP contribution in [0.1, 0.15) is 12.5 Å². The minimum absolute atomic E-state index is 0. The molecule has 0 N–H and O–H groups in total. The van der Waals surface area contributed by atoms with Crippen molar-refractivity contribution >= 4 is 12.7 Å². The van der Waals surface area contributed by atoms with E-state index in [4.69, 9.17) is 0 Å². The van der Waals surface area contributed by atoms with Crippen LogP contribution in [-0.4, -0.2) is 20.0 Å². The van der Waals surface area contributed by atoms with E-state index in [0.717, 1.165) is 5.56 Å². The number of halogens is 3. The smallest absolute Gasteiger partial charge is 0.448 e. The van der Waals surface area contributed by atoms with E-state index >= 15 is 0 Å². The Morgan fingerprint density at radius 1 is 1.12 bits per heavy atom. The number of benzene rings is 1. The van der Waals surface area contributed by atoms with Crippen molar-refractivity contribution in [3.8, 4) is 0 Å². The molecule has 1 aromatic carbocycles. The summed E-state index contributed by atoms with van der Waals surface area (Å²) in [6.07, 6.45) is -0.834. The van der Waals surface area contributed by atoms with Gasteiger partial charge in [-0.25, -0.2) is 0 Å². The molecule has 0 saturated heterocycles. The second-order valence-corrected chi connectivity index (χ2v) is 3.58. The van der Waals surface area contributed by atoms with E-state index in [1.807, 2.05) is 19.1 Å². The molecule has 6 heteroatoms. The fraction of sp³-hybridized carbons (Fsp3) is 0.400. The Bertz CT molecular complexity index is 313. The van der Waals surface area contributed by atoms with Crippen molar-refractivity contribution in [3.63, 3.8) is 0 Å². The number of hydrogen-bond donors (Lipinski definition) is 0. The summed E-state index contributed by atoms with van der Waals surface area (Å²) in [5, 5.41) is 0. The van der Waals surface area contributed by atoms with Crippen molar-refractivity contribution in [2.75, 3.05) is 17.9 Å². The molecule has 0 radical (unpaired) electrons. The normalized spacial score (nSPS) is 10.8. The number of hydrogen-bond acceptors (Lipinski definition) is 1. The standard InChI is InChI=1S/C10H14BF3N.K/c1-3-15(8-11(12,13)14)10-6-4-9(2)5-7-10;/h4-7H,3,8H2,1-2H3;/q-1;+1. The summed E-state index contributed by atoms with van der Waals surface area (Å²) in [6, 6.07) is 7.09. The molecular weight excluding hydrogens is 241 g/mol. The molecule has 0 fully saturated rings. The first kappa shape index (κ1) is 16.5. The number of rotatable bonds is 4. The topological polar surface area (TPSA) is 3.24 Å². The third-order valence-corrected chi connectivity index (χ3v) is 2.21. The maximum absolute atomic E-state index is 12.3. The Kier molecular flexibility index (Phi) is 7.28. The van der Waals surface area contributed by atoms with Crippen LogP contribution in [0.3, 0.4) is 0 Å². The monoisotopic (exact) mass is 255 g/mol. The van der Waals surface area contributed by atoms with Crippen LogP contribution in [0.25, 0.3) is 0 Å². The van der Waals surface area contributed by atoms with Crippen molar-refractivity contribution in [2.24, 2.45) is 0 Å². The summed E-state index contributed by atoms with van der Waals surface area (Å²) in [6.45, 7) is -0.764. The second-order valence-electron chi connectivity index (χ2n) is 3.58. The summed E-state index contributed by atoms with van der Waals surface area (Å²) in [7, 11) is 0. The van der Waals surface area contributed by atoms with Gasteiger partial charge in [-0.3, -0.25) is 0 Å². The third kappa shape index (κ3) is 5.72. The average molecular weight is 255 g/mol. The average Bonchev–Trinajstić information content (AvgIpc) is 2.14. The van der Waals surface area contributed by atoms with Gasteiger partial charge >= 0.3 is 58.4 Å². The predicted octanol–water partition coefficient (Wildman–Crippen LogP) is 0.212. The minimum Gasteiger partial charge on any atom is -0.448 e. The zero-order valence-electron chi connectivity index (χ0n) is 9.88. The zero-order valence-corrected chi connectivity index (χ0v) is 13.0. The van der Waals surface area contributed by atoms with E-state index in [2.05, 4.69) is 0 Å². The summed E-state index contributed by atoms with van der Waals surface area (Å²) in [4.78, 5) is 1.33. The number of anilines is 1. The van der Waals surface area contributed by atoms with Gasteiger partial charge in [0.1, 0.15) is 0 Å². The van der Waals surface area contributed by atoms with Gasteiger partial charge in [-0.2, -0.15) is 0 Å². The SMILES string of the molecule is CCN(C[B-](F)(F)F)c1ccc(C)cc1.[K+]. The van der Waals surface area contributed by atoms with Gasteiger partial charge in [0.25, 0.3) is 0 Å². The van der Waals surface area contributed by atoms with Crippen molar-refractivity contribution in [2.45, 2.75) is 13.8 Å². The summed E-state index contributed by atoms with van der Waals surface area (Å²) in [5.74, 6) is 0. The van der Waals surface area contributed by atoms with E-state index in [1.165, 1.54) is 4.90 Å². The molecule has 0 aliphatic rings. The first-order valence-electron chi connectivity index (χ1n) is 4.95. The van der Waals surface area contributed by atoms with Gasteiger partial charge < -0.3 is 17.8 Å². The largest absolute Gasteiger partial charge is 1.00 e. The van der Waals surface area contributed by atoms with Gasteiger partial charge in [-0.1, -0.05) is 17.7 Å². The van der Waals surface area contributed by atoms with Crippen molar-refractivity contribution < 1.29 is 64.3 Å². The Labute approximate surface area is 137 Å². The van der Waals surface area contributed by atoms with Gasteiger partial charge in [0.05, 0.1) is 0 Å². The summed E-state index contributed by atoms with van der Waals surface area (Å²) < 4.78 is 36.8. The Hall–Kier alpha value is 0.511. The quantitative estimate of drug-likeness (QED) is 0.695. The molecule has 0 heterocycles. The Balaban J connectivity index is 0.00000225. The molecule has 16 heavy (non-hydrogen) atoms. The molecule has 0 unspecified atom stereocenters. The van der Waals surface area contributed by atoms with E-state index in [0.29, 0.717) is 12.2 Å². The molecule has 1 aromatic rings. The predicted molar refractivity (Wildman–Crippen MR) is 58.1 cm³/mol. The maximum atomic E-state index is 12.3. The molecule has 0 bridgehead atoms. The molecule has 0 aromatic heterocycles. The molecular formula is C10H14BF3KN. The second kappa shape index (κ2) is 7.06.